The highest BCUT2D eigenvalue weighted by Gasteiger charge is 2.35. The van der Waals surface area contributed by atoms with Crippen LogP contribution in [-0.4, -0.2) is 30.6 Å². The summed E-state index contributed by atoms with van der Waals surface area (Å²) in [7, 11) is 4.28. The molecule has 1 aromatic carbocycles. The van der Waals surface area contributed by atoms with Crippen molar-refractivity contribution < 1.29 is 5.11 Å². The van der Waals surface area contributed by atoms with Crippen LogP contribution in [0.2, 0.25) is 0 Å². The molecule has 0 unspecified atom stereocenters. The molecule has 1 aromatic rings. The molecule has 0 heterocycles. The second-order valence-electron chi connectivity index (χ2n) is 5.59. The third-order valence-corrected chi connectivity index (χ3v) is 4.08. The van der Waals surface area contributed by atoms with Crippen molar-refractivity contribution in [3.05, 3.63) is 29.8 Å². The quantitative estimate of drug-likeness (QED) is 0.915. The van der Waals surface area contributed by atoms with E-state index in [2.05, 4.69) is 31.1 Å². The van der Waals surface area contributed by atoms with E-state index in [-0.39, 0.29) is 17.0 Å². The van der Waals surface area contributed by atoms with Crippen LogP contribution in [0.4, 0.5) is 0 Å². The molecule has 0 atom stereocenters. The highest BCUT2D eigenvalue weighted by atomic mass is 79.9. The van der Waals surface area contributed by atoms with Gasteiger partial charge in [-0.3, -0.25) is 0 Å². The molecule has 1 aliphatic carbocycles. The molecule has 102 valence electrons. The van der Waals surface area contributed by atoms with E-state index in [1.165, 1.54) is 37.7 Å². The maximum absolute atomic E-state index is 9.39. The largest absolute Gasteiger partial charge is 0.508 e. The van der Waals surface area contributed by atoms with E-state index in [1.807, 2.05) is 12.1 Å². The van der Waals surface area contributed by atoms with Gasteiger partial charge in [-0.1, -0.05) is 25.0 Å². The Labute approximate surface area is 121 Å². The fourth-order valence-corrected chi connectivity index (χ4v) is 2.99. The number of hydrogen-bond donors (Lipinski definition) is 1. The van der Waals surface area contributed by atoms with Gasteiger partial charge in [0.05, 0.1) is 0 Å². The van der Waals surface area contributed by atoms with Crippen LogP contribution in [0, 0.1) is 0 Å². The van der Waals surface area contributed by atoms with Gasteiger partial charge < -0.3 is 10.0 Å². The average molecular weight is 314 g/mol. The second-order valence-corrected chi connectivity index (χ2v) is 5.59. The van der Waals surface area contributed by atoms with E-state index in [9.17, 15) is 5.11 Å². The normalized spacial score (nSPS) is 17.7. The number of nitrogens with zero attached hydrogens (tertiary/aromatic N) is 1. The van der Waals surface area contributed by atoms with E-state index in [0.717, 1.165) is 6.54 Å². The van der Waals surface area contributed by atoms with E-state index in [4.69, 9.17) is 0 Å². The highest BCUT2D eigenvalue weighted by molar-refractivity contribution is 8.93. The molecule has 0 bridgehead atoms. The fourth-order valence-electron chi connectivity index (χ4n) is 2.99. The molecule has 2 rings (SSSR count). The van der Waals surface area contributed by atoms with Crippen LogP contribution in [0.15, 0.2) is 24.3 Å². The molecule has 0 saturated heterocycles. The molecule has 2 nitrogen and oxygen atoms in total. The summed E-state index contributed by atoms with van der Waals surface area (Å²) in [5.74, 6) is 0.370. The Bertz CT molecular complexity index is 355. The molecule has 1 saturated carbocycles. The first-order valence-electron chi connectivity index (χ1n) is 6.57. The molecule has 0 aromatic heterocycles. The van der Waals surface area contributed by atoms with Crippen molar-refractivity contribution in [3.63, 3.8) is 0 Å². The molecule has 0 radical (unpaired) electrons. The molecular formula is C15H24BrNO. The number of phenolic OH excluding ortho intramolecular Hbond substituents is 1. The predicted octanol–water partition coefficient (Wildman–Crippen LogP) is 3.73. The molecule has 18 heavy (non-hydrogen) atoms. The van der Waals surface area contributed by atoms with Crippen molar-refractivity contribution in [2.45, 2.75) is 37.5 Å². The van der Waals surface area contributed by atoms with Gasteiger partial charge in [0.1, 0.15) is 5.75 Å². The third-order valence-electron chi connectivity index (χ3n) is 4.08. The SMILES string of the molecule is Br.CN(C)CCC1(c2ccc(O)cc2)CCCC1. The van der Waals surface area contributed by atoms with Gasteiger partial charge in [0.15, 0.2) is 0 Å². The number of phenols is 1. The van der Waals surface area contributed by atoms with Gasteiger partial charge in [-0.25, -0.2) is 0 Å². The first-order chi connectivity index (χ1) is 8.12. The van der Waals surface area contributed by atoms with E-state index in [1.54, 1.807) is 0 Å². The minimum atomic E-state index is 0. The zero-order valence-electron chi connectivity index (χ0n) is 11.4. The summed E-state index contributed by atoms with van der Waals surface area (Å²) in [6.45, 7) is 1.14. The summed E-state index contributed by atoms with van der Waals surface area (Å²) in [6, 6.07) is 7.86. The smallest absolute Gasteiger partial charge is 0.115 e. The number of rotatable bonds is 4. The lowest BCUT2D eigenvalue weighted by molar-refractivity contribution is 0.315. The number of hydrogen-bond acceptors (Lipinski definition) is 2. The highest BCUT2D eigenvalue weighted by Crippen LogP contribution is 2.44. The van der Waals surface area contributed by atoms with Crippen LogP contribution in [0.1, 0.15) is 37.7 Å². The zero-order valence-corrected chi connectivity index (χ0v) is 13.1. The lowest BCUT2D eigenvalue weighted by Gasteiger charge is -2.31. The summed E-state index contributed by atoms with van der Waals surface area (Å²) in [4.78, 5) is 2.26. The molecule has 0 aliphatic heterocycles. The molecule has 1 N–H and O–H groups in total. The summed E-state index contributed by atoms with van der Waals surface area (Å²) in [6.07, 6.45) is 6.50. The third kappa shape index (κ3) is 3.48. The van der Waals surface area contributed by atoms with Gasteiger partial charge in [-0.05, 0) is 63.0 Å². The first kappa shape index (κ1) is 15.5. The summed E-state index contributed by atoms with van der Waals surface area (Å²) < 4.78 is 0. The van der Waals surface area contributed by atoms with Gasteiger partial charge >= 0.3 is 0 Å². The monoisotopic (exact) mass is 313 g/mol. The minimum Gasteiger partial charge on any atom is -0.508 e. The van der Waals surface area contributed by atoms with Crippen LogP contribution >= 0.6 is 17.0 Å². The lowest BCUT2D eigenvalue weighted by Crippen LogP contribution is -2.28. The fraction of sp³-hybridized carbons (Fsp3) is 0.600. The zero-order chi connectivity index (χ0) is 12.3. The van der Waals surface area contributed by atoms with Crippen molar-refractivity contribution in [3.8, 4) is 5.75 Å². The van der Waals surface area contributed by atoms with Gasteiger partial charge in [-0.2, -0.15) is 0 Å². The summed E-state index contributed by atoms with van der Waals surface area (Å²) >= 11 is 0. The van der Waals surface area contributed by atoms with Crippen LogP contribution in [0.3, 0.4) is 0 Å². The summed E-state index contributed by atoms with van der Waals surface area (Å²) in [5, 5.41) is 9.39. The Kier molecular flexibility index (Phi) is 5.67. The van der Waals surface area contributed by atoms with Gasteiger partial charge in [0, 0.05) is 0 Å². The Balaban J connectivity index is 0.00000162. The lowest BCUT2D eigenvalue weighted by atomic mass is 9.76. The van der Waals surface area contributed by atoms with E-state index in [0.29, 0.717) is 11.2 Å². The maximum atomic E-state index is 9.39. The van der Waals surface area contributed by atoms with Crippen LogP contribution in [-0.2, 0) is 5.41 Å². The first-order valence-corrected chi connectivity index (χ1v) is 6.57. The number of halogens is 1. The van der Waals surface area contributed by atoms with Crippen molar-refractivity contribution in [1.82, 2.24) is 4.90 Å². The van der Waals surface area contributed by atoms with Gasteiger partial charge in [-0.15, -0.1) is 17.0 Å². The average Bonchev–Trinajstić information content (AvgIpc) is 2.77. The molecule has 0 spiro atoms. The van der Waals surface area contributed by atoms with E-state index < -0.39 is 0 Å². The molecular weight excluding hydrogens is 290 g/mol. The number of aromatic hydroxyl groups is 1. The van der Waals surface area contributed by atoms with Crippen molar-refractivity contribution in [1.29, 1.82) is 0 Å². The second kappa shape index (κ2) is 6.58. The van der Waals surface area contributed by atoms with Gasteiger partial charge in [0.2, 0.25) is 0 Å². The van der Waals surface area contributed by atoms with Crippen LogP contribution < -0.4 is 0 Å². The minimum absolute atomic E-state index is 0. The van der Waals surface area contributed by atoms with Crippen molar-refractivity contribution in [2.75, 3.05) is 20.6 Å². The predicted molar refractivity (Wildman–Crippen MR) is 81.7 cm³/mol. The van der Waals surface area contributed by atoms with Gasteiger partial charge in [0.25, 0.3) is 0 Å². The Morgan fingerprint density at radius 3 is 2.17 bits per heavy atom. The topological polar surface area (TPSA) is 23.5 Å². The summed E-state index contributed by atoms with van der Waals surface area (Å²) in [5.41, 5.74) is 1.77. The van der Waals surface area contributed by atoms with Crippen molar-refractivity contribution >= 4 is 17.0 Å². The number of benzene rings is 1. The Morgan fingerprint density at radius 1 is 1.11 bits per heavy atom. The van der Waals surface area contributed by atoms with Crippen LogP contribution in [0.25, 0.3) is 0 Å². The molecule has 1 fully saturated rings. The van der Waals surface area contributed by atoms with Crippen LogP contribution in [0.5, 0.6) is 5.75 Å². The Hall–Kier alpha value is -0.540. The molecule has 1 aliphatic rings. The molecule has 0 amide bonds. The van der Waals surface area contributed by atoms with Crippen molar-refractivity contribution in [2.24, 2.45) is 0 Å². The Morgan fingerprint density at radius 2 is 1.67 bits per heavy atom. The molecule has 3 heteroatoms. The van der Waals surface area contributed by atoms with E-state index >= 15 is 0 Å². The standard InChI is InChI=1S/C15H23NO.BrH/c1-16(2)12-11-15(9-3-4-10-15)13-5-7-14(17)8-6-13;/h5-8,17H,3-4,9-12H2,1-2H3;1H. The maximum Gasteiger partial charge on any atom is 0.115 e.